The van der Waals surface area contributed by atoms with E-state index >= 15 is 0 Å². The van der Waals surface area contributed by atoms with Crippen LogP contribution in [0.15, 0.2) is 6.07 Å². The lowest BCUT2D eigenvalue weighted by Crippen LogP contribution is -2.37. The number of anilines is 1. The van der Waals surface area contributed by atoms with Gasteiger partial charge in [0.05, 0.1) is 0 Å². The van der Waals surface area contributed by atoms with Gasteiger partial charge < -0.3 is 10.2 Å². The van der Waals surface area contributed by atoms with Crippen molar-refractivity contribution in [3.63, 3.8) is 0 Å². The van der Waals surface area contributed by atoms with Gasteiger partial charge in [-0.3, -0.25) is 0 Å². The largest absolute Gasteiger partial charge is 0.356 e. The van der Waals surface area contributed by atoms with Gasteiger partial charge in [0.15, 0.2) is 0 Å². The Bertz CT molecular complexity index is 397. The summed E-state index contributed by atoms with van der Waals surface area (Å²) in [6.07, 6.45) is 3.50. The second kappa shape index (κ2) is 6.85. The Hall–Kier alpha value is -1.16. The van der Waals surface area contributed by atoms with E-state index in [1.807, 2.05) is 6.92 Å². The molecule has 0 amide bonds. The van der Waals surface area contributed by atoms with E-state index in [9.17, 15) is 0 Å². The molecule has 0 spiro atoms. The molecule has 1 aliphatic rings. The van der Waals surface area contributed by atoms with Gasteiger partial charge in [0.1, 0.15) is 11.6 Å². The molecule has 0 bridgehead atoms. The molecule has 19 heavy (non-hydrogen) atoms. The molecule has 1 N–H and O–H groups in total. The van der Waals surface area contributed by atoms with E-state index in [2.05, 4.69) is 40.1 Å². The number of aromatic nitrogens is 2. The van der Waals surface area contributed by atoms with Gasteiger partial charge in [0.25, 0.3) is 0 Å². The van der Waals surface area contributed by atoms with E-state index in [1.165, 1.54) is 12.8 Å². The average Bonchev–Trinajstić information content (AvgIpc) is 2.45. The highest BCUT2D eigenvalue weighted by Gasteiger charge is 2.20. The number of aryl methyl sites for hydroxylation is 2. The second-order valence-electron chi connectivity index (χ2n) is 5.36. The number of rotatable bonds is 5. The fourth-order valence-corrected chi connectivity index (χ4v) is 2.67. The van der Waals surface area contributed by atoms with Crippen LogP contribution in [0.25, 0.3) is 0 Å². The maximum Gasteiger partial charge on any atom is 0.132 e. The fraction of sp³-hybridized carbons (Fsp3) is 0.733. The number of piperidine rings is 1. The normalized spacial score (nSPS) is 16.9. The first-order valence-corrected chi connectivity index (χ1v) is 7.53. The molecule has 0 radical (unpaired) electrons. The molecule has 1 aliphatic heterocycles. The Balaban J connectivity index is 1.95. The summed E-state index contributed by atoms with van der Waals surface area (Å²) >= 11 is 0. The summed E-state index contributed by atoms with van der Waals surface area (Å²) in [5.41, 5.74) is 1.15. The van der Waals surface area contributed by atoms with Crippen molar-refractivity contribution in [3.8, 4) is 0 Å². The van der Waals surface area contributed by atoms with Crippen LogP contribution in [-0.2, 0) is 6.42 Å². The highest BCUT2D eigenvalue weighted by molar-refractivity contribution is 5.40. The monoisotopic (exact) mass is 262 g/mol. The van der Waals surface area contributed by atoms with E-state index in [1.54, 1.807) is 0 Å². The predicted octanol–water partition coefficient (Wildman–Crippen LogP) is 2.17. The first kappa shape index (κ1) is 14.3. The first-order chi connectivity index (χ1) is 9.22. The zero-order chi connectivity index (χ0) is 13.7. The summed E-state index contributed by atoms with van der Waals surface area (Å²) in [6, 6.07) is 2.15. The Morgan fingerprint density at radius 1 is 1.26 bits per heavy atom. The summed E-state index contributed by atoms with van der Waals surface area (Å²) in [5, 5.41) is 3.46. The quantitative estimate of drug-likeness (QED) is 0.883. The minimum absolute atomic E-state index is 0.824. The zero-order valence-electron chi connectivity index (χ0n) is 12.4. The third kappa shape index (κ3) is 3.90. The number of hydrogen-bond donors (Lipinski definition) is 1. The van der Waals surface area contributed by atoms with Gasteiger partial charge in [0, 0.05) is 24.8 Å². The molecule has 1 aromatic heterocycles. The van der Waals surface area contributed by atoms with Gasteiger partial charge in [-0.25, -0.2) is 9.97 Å². The van der Waals surface area contributed by atoms with Gasteiger partial charge in [-0.15, -0.1) is 0 Å². The van der Waals surface area contributed by atoms with Crippen molar-refractivity contribution in [1.82, 2.24) is 15.3 Å². The Morgan fingerprint density at radius 2 is 2.00 bits per heavy atom. The summed E-state index contributed by atoms with van der Waals surface area (Å²) in [6.45, 7) is 10.8. The maximum atomic E-state index is 4.59. The molecular weight excluding hydrogens is 236 g/mol. The van der Waals surface area contributed by atoms with Crippen LogP contribution in [0.4, 0.5) is 5.82 Å². The van der Waals surface area contributed by atoms with E-state index in [-0.39, 0.29) is 0 Å². The van der Waals surface area contributed by atoms with Crippen LogP contribution < -0.4 is 10.2 Å². The molecule has 4 nitrogen and oxygen atoms in total. The van der Waals surface area contributed by atoms with Gasteiger partial charge in [0.2, 0.25) is 0 Å². The molecule has 2 heterocycles. The molecule has 0 unspecified atom stereocenters. The van der Waals surface area contributed by atoms with Crippen LogP contribution in [0.3, 0.4) is 0 Å². The van der Waals surface area contributed by atoms with Crippen molar-refractivity contribution >= 4 is 5.82 Å². The van der Waals surface area contributed by atoms with E-state index in [0.717, 1.165) is 55.9 Å². The highest BCUT2D eigenvalue weighted by Crippen LogP contribution is 2.22. The summed E-state index contributed by atoms with van der Waals surface area (Å²) < 4.78 is 0. The number of hydrogen-bond acceptors (Lipinski definition) is 4. The lowest BCUT2D eigenvalue weighted by atomic mass is 9.97. The van der Waals surface area contributed by atoms with Crippen molar-refractivity contribution in [2.75, 3.05) is 31.1 Å². The average molecular weight is 262 g/mol. The van der Waals surface area contributed by atoms with Gasteiger partial charge in [-0.05, 0) is 45.2 Å². The van der Waals surface area contributed by atoms with Crippen molar-refractivity contribution in [2.45, 2.75) is 40.0 Å². The first-order valence-electron chi connectivity index (χ1n) is 7.53. The summed E-state index contributed by atoms with van der Waals surface area (Å²) in [4.78, 5) is 11.5. The molecule has 0 aromatic carbocycles. The molecule has 0 saturated carbocycles. The van der Waals surface area contributed by atoms with Crippen molar-refractivity contribution < 1.29 is 0 Å². The van der Waals surface area contributed by atoms with E-state index in [0.29, 0.717) is 0 Å². The molecule has 0 atom stereocenters. The Kier molecular flexibility index (Phi) is 5.14. The minimum Gasteiger partial charge on any atom is -0.356 e. The minimum atomic E-state index is 0.824. The topological polar surface area (TPSA) is 41.0 Å². The fourth-order valence-electron chi connectivity index (χ4n) is 2.67. The van der Waals surface area contributed by atoms with Crippen molar-refractivity contribution in [2.24, 2.45) is 5.92 Å². The summed E-state index contributed by atoms with van der Waals surface area (Å²) in [5.74, 6) is 2.83. The van der Waals surface area contributed by atoms with Crippen LogP contribution in [0.2, 0.25) is 0 Å². The second-order valence-corrected chi connectivity index (χ2v) is 5.36. The van der Waals surface area contributed by atoms with Crippen molar-refractivity contribution in [3.05, 3.63) is 17.6 Å². The lowest BCUT2D eigenvalue weighted by Gasteiger charge is -2.33. The smallest absolute Gasteiger partial charge is 0.132 e. The highest BCUT2D eigenvalue weighted by atomic mass is 15.2. The molecule has 1 aromatic rings. The molecule has 106 valence electrons. The van der Waals surface area contributed by atoms with Crippen LogP contribution >= 0.6 is 0 Å². The molecule has 4 heteroatoms. The van der Waals surface area contributed by atoms with E-state index < -0.39 is 0 Å². The zero-order valence-corrected chi connectivity index (χ0v) is 12.4. The van der Waals surface area contributed by atoms with E-state index in [4.69, 9.17) is 0 Å². The Labute approximate surface area is 116 Å². The van der Waals surface area contributed by atoms with Crippen LogP contribution in [-0.4, -0.2) is 36.1 Å². The van der Waals surface area contributed by atoms with Crippen LogP contribution in [0.5, 0.6) is 0 Å². The third-order valence-corrected chi connectivity index (χ3v) is 3.86. The molecule has 1 fully saturated rings. The maximum absolute atomic E-state index is 4.59. The summed E-state index contributed by atoms with van der Waals surface area (Å²) in [7, 11) is 0. The number of nitrogens with one attached hydrogen (secondary N) is 1. The SMILES string of the molecule is CCNCC1CCN(c2cc(CC)nc(C)n2)CC1. The van der Waals surface area contributed by atoms with Crippen molar-refractivity contribution in [1.29, 1.82) is 0 Å². The van der Waals surface area contributed by atoms with Crippen LogP contribution in [0.1, 0.15) is 38.2 Å². The molecule has 1 saturated heterocycles. The Morgan fingerprint density at radius 3 is 2.63 bits per heavy atom. The number of nitrogens with zero attached hydrogens (tertiary/aromatic N) is 3. The lowest BCUT2D eigenvalue weighted by molar-refractivity contribution is 0.385. The third-order valence-electron chi connectivity index (χ3n) is 3.86. The predicted molar refractivity (Wildman–Crippen MR) is 79.6 cm³/mol. The van der Waals surface area contributed by atoms with Gasteiger partial charge >= 0.3 is 0 Å². The molecule has 0 aliphatic carbocycles. The van der Waals surface area contributed by atoms with Gasteiger partial charge in [-0.1, -0.05) is 13.8 Å². The molecule has 2 rings (SSSR count). The van der Waals surface area contributed by atoms with Crippen LogP contribution in [0, 0.1) is 12.8 Å². The van der Waals surface area contributed by atoms with Gasteiger partial charge in [-0.2, -0.15) is 0 Å². The molecular formula is C15H26N4. The standard InChI is InChI=1S/C15H26N4/c1-4-14-10-15(18-12(3)17-14)19-8-6-13(7-9-19)11-16-5-2/h10,13,16H,4-9,11H2,1-3H3.